The zero-order valence-corrected chi connectivity index (χ0v) is 12.1. The van der Waals surface area contributed by atoms with E-state index in [1.54, 1.807) is 0 Å². The van der Waals surface area contributed by atoms with Crippen LogP contribution in [0.2, 0.25) is 0 Å². The predicted octanol–water partition coefficient (Wildman–Crippen LogP) is 2.40. The summed E-state index contributed by atoms with van der Waals surface area (Å²) >= 11 is 0. The number of primary amides is 1. The quantitative estimate of drug-likeness (QED) is 0.820. The molecule has 0 aromatic heterocycles. The Hall–Kier alpha value is -2.33. The fourth-order valence-electron chi connectivity index (χ4n) is 1.99. The average Bonchev–Trinajstić information content (AvgIpc) is 2.52. The van der Waals surface area contributed by atoms with E-state index in [4.69, 9.17) is 10.5 Å². The summed E-state index contributed by atoms with van der Waals surface area (Å²) in [5.41, 5.74) is 7.45. The summed E-state index contributed by atoms with van der Waals surface area (Å²) in [4.78, 5) is 10.6. The normalized spacial score (nSPS) is 11.9. The van der Waals surface area contributed by atoms with E-state index >= 15 is 0 Å². The molecule has 4 heteroatoms. The third-order valence-electron chi connectivity index (χ3n) is 3.22. The molecule has 0 bridgehead atoms. The van der Waals surface area contributed by atoms with Gasteiger partial charge in [0.2, 0.25) is 0 Å². The van der Waals surface area contributed by atoms with Crippen molar-refractivity contribution in [2.75, 3.05) is 6.61 Å². The minimum atomic E-state index is -0.475. The average molecular weight is 284 g/mol. The third kappa shape index (κ3) is 4.93. The first-order valence-electron chi connectivity index (χ1n) is 6.93. The van der Waals surface area contributed by atoms with Crippen LogP contribution < -0.4 is 15.8 Å². The molecule has 0 radical (unpaired) electrons. The second-order valence-corrected chi connectivity index (χ2v) is 4.91. The fourth-order valence-corrected chi connectivity index (χ4v) is 1.99. The minimum absolute atomic E-state index is 0.0946. The number of carbonyl (C=O) groups is 1. The Morgan fingerprint density at radius 2 is 1.81 bits per heavy atom. The van der Waals surface area contributed by atoms with Gasteiger partial charge in [0.1, 0.15) is 5.75 Å². The van der Waals surface area contributed by atoms with Crippen molar-refractivity contribution in [2.45, 2.75) is 19.5 Å². The Labute approximate surface area is 124 Å². The summed E-state index contributed by atoms with van der Waals surface area (Å²) in [5, 5.41) is 3.47. The number of hydrogen-bond donors (Lipinski definition) is 2. The highest BCUT2D eigenvalue weighted by molar-refractivity contribution is 5.75. The van der Waals surface area contributed by atoms with Gasteiger partial charge in [0.15, 0.2) is 6.61 Å². The molecule has 0 aliphatic carbocycles. The lowest BCUT2D eigenvalue weighted by atomic mass is 10.1. The van der Waals surface area contributed by atoms with E-state index in [9.17, 15) is 4.79 Å². The lowest BCUT2D eigenvalue weighted by molar-refractivity contribution is -0.119. The van der Waals surface area contributed by atoms with Gasteiger partial charge in [-0.1, -0.05) is 42.5 Å². The maximum atomic E-state index is 10.6. The molecular formula is C17H20N2O2. The Morgan fingerprint density at radius 1 is 1.14 bits per heavy atom. The number of rotatable bonds is 7. The molecule has 110 valence electrons. The van der Waals surface area contributed by atoms with E-state index in [2.05, 4.69) is 24.4 Å². The standard InChI is InChI=1S/C17H20N2O2/c1-13(15-5-3-2-4-6-15)19-11-14-7-9-16(10-8-14)21-12-17(18)20/h2-10,13,19H,11-12H2,1H3,(H2,18,20). The lowest BCUT2D eigenvalue weighted by Gasteiger charge is -2.14. The monoisotopic (exact) mass is 284 g/mol. The molecule has 1 atom stereocenters. The van der Waals surface area contributed by atoms with Crippen LogP contribution in [0.3, 0.4) is 0 Å². The van der Waals surface area contributed by atoms with Crippen molar-refractivity contribution in [2.24, 2.45) is 5.73 Å². The lowest BCUT2D eigenvalue weighted by Crippen LogP contribution is -2.20. The largest absolute Gasteiger partial charge is 0.484 e. The van der Waals surface area contributed by atoms with Gasteiger partial charge < -0.3 is 15.8 Å². The van der Waals surface area contributed by atoms with Crippen LogP contribution in [0.1, 0.15) is 24.1 Å². The summed E-state index contributed by atoms with van der Waals surface area (Å²) in [6.45, 7) is 2.81. The molecule has 0 heterocycles. The molecule has 0 saturated heterocycles. The van der Waals surface area contributed by atoms with Gasteiger partial charge in [0.25, 0.3) is 5.91 Å². The van der Waals surface area contributed by atoms with E-state index in [0.717, 1.165) is 12.1 Å². The molecule has 0 spiro atoms. The van der Waals surface area contributed by atoms with Crippen molar-refractivity contribution < 1.29 is 9.53 Å². The maximum absolute atomic E-state index is 10.6. The van der Waals surface area contributed by atoms with Crippen LogP contribution in [0, 0.1) is 0 Å². The first-order valence-corrected chi connectivity index (χ1v) is 6.93. The molecular weight excluding hydrogens is 264 g/mol. The molecule has 1 unspecified atom stereocenters. The highest BCUT2D eigenvalue weighted by Gasteiger charge is 2.04. The first kappa shape index (κ1) is 15.1. The second kappa shape index (κ2) is 7.45. The van der Waals surface area contributed by atoms with Gasteiger partial charge in [-0.05, 0) is 30.2 Å². The molecule has 2 rings (SSSR count). The number of benzene rings is 2. The molecule has 0 fully saturated rings. The van der Waals surface area contributed by atoms with Crippen molar-refractivity contribution >= 4 is 5.91 Å². The Kier molecular flexibility index (Phi) is 5.35. The number of ether oxygens (including phenoxy) is 1. The Bertz CT molecular complexity index is 567. The van der Waals surface area contributed by atoms with Crippen molar-refractivity contribution in [3.63, 3.8) is 0 Å². The smallest absolute Gasteiger partial charge is 0.255 e. The van der Waals surface area contributed by atoms with E-state index in [-0.39, 0.29) is 12.6 Å². The minimum Gasteiger partial charge on any atom is -0.484 e. The van der Waals surface area contributed by atoms with E-state index in [0.29, 0.717) is 5.75 Å². The summed E-state index contributed by atoms with van der Waals surface area (Å²) < 4.78 is 5.22. The number of hydrogen-bond acceptors (Lipinski definition) is 3. The second-order valence-electron chi connectivity index (χ2n) is 4.91. The third-order valence-corrected chi connectivity index (χ3v) is 3.22. The summed E-state index contributed by atoms with van der Waals surface area (Å²) in [6, 6.07) is 18.2. The molecule has 0 aliphatic heterocycles. The van der Waals surface area contributed by atoms with Crippen LogP contribution in [-0.4, -0.2) is 12.5 Å². The maximum Gasteiger partial charge on any atom is 0.255 e. The van der Waals surface area contributed by atoms with Gasteiger partial charge in [-0.2, -0.15) is 0 Å². The van der Waals surface area contributed by atoms with Crippen LogP contribution in [0.15, 0.2) is 54.6 Å². The van der Waals surface area contributed by atoms with Crippen molar-refractivity contribution in [1.29, 1.82) is 0 Å². The molecule has 21 heavy (non-hydrogen) atoms. The van der Waals surface area contributed by atoms with Gasteiger partial charge in [-0.25, -0.2) is 0 Å². The molecule has 0 saturated carbocycles. The van der Waals surface area contributed by atoms with Gasteiger partial charge in [0.05, 0.1) is 0 Å². The summed E-state index contributed by atoms with van der Waals surface area (Å²) in [5.74, 6) is 0.172. The van der Waals surface area contributed by atoms with Crippen LogP contribution >= 0.6 is 0 Å². The van der Waals surface area contributed by atoms with Gasteiger partial charge in [0, 0.05) is 12.6 Å². The van der Waals surface area contributed by atoms with Gasteiger partial charge in [-0.3, -0.25) is 4.79 Å². The molecule has 2 aromatic carbocycles. The molecule has 1 amide bonds. The van der Waals surface area contributed by atoms with Crippen LogP contribution in [0.4, 0.5) is 0 Å². The van der Waals surface area contributed by atoms with Crippen LogP contribution in [0.25, 0.3) is 0 Å². The van der Waals surface area contributed by atoms with Gasteiger partial charge in [-0.15, -0.1) is 0 Å². The Balaban J connectivity index is 1.85. The number of nitrogens with one attached hydrogen (secondary N) is 1. The van der Waals surface area contributed by atoms with E-state index < -0.39 is 5.91 Å². The zero-order valence-electron chi connectivity index (χ0n) is 12.1. The molecule has 2 aromatic rings. The van der Waals surface area contributed by atoms with Crippen molar-refractivity contribution in [1.82, 2.24) is 5.32 Å². The van der Waals surface area contributed by atoms with Gasteiger partial charge >= 0.3 is 0 Å². The highest BCUT2D eigenvalue weighted by atomic mass is 16.5. The number of amides is 1. The first-order chi connectivity index (χ1) is 10.1. The zero-order chi connectivity index (χ0) is 15.1. The summed E-state index contributed by atoms with van der Waals surface area (Å²) in [6.07, 6.45) is 0. The number of nitrogens with two attached hydrogens (primary N) is 1. The summed E-state index contributed by atoms with van der Waals surface area (Å²) in [7, 11) is 0. The van der Waals surface area contributed by atoms with Crippen LogP contribution in [0.5, 0.6) is 5.75 Å². The van der Waals surface area contributed by atoms with Crippen molar-refractivity contribution in [3.8, 4) is 5.75 Å². The topological polar surface area (TPSA) is 64.3 Å². The van der Waals surface area contributed by atoms with Crippen LogP contribution in [-0.2, 0) is 11.3 Å². The van der Waals surface area contributed by atoms with E-state index in [1.165, 1.54) is 5.56 Å². The SMILES string of the molecule is CC(NCc1ccc(OCC(N)=O)cc1)c1ccccc1. The number of carbonyl (C=O) groups excluding carboxylic acids is 1. The fraction of sp³-hybridized carbons (Fsp3) is 0.235. The molecule has 0 aliphatic rings. The predicted molar refractivity (Wildman–Crippen MR) is 82.8 cm³/mol. The van der Waals surface area contributed by atoms with E-state index in [1.807, 2.05) is 42.5 Å². The Morgan fingerprint density at radius 3 is 2.43 bits per heavy atom. The highest BCUT2D eigenvalue weighted by Crippen LogP contribution is 2.15. The molecule has 3 N–H and O–H groups in total. The van der Waals surface area contributed by atoms with Crippen molar-refractivity contribution in [3.05, 3.63) is 65.7 Å². The molecule has 4 nitrogen and oxygen atoms in total.